The van der Waals surface area contributed by atoms with E-state index in [2.05, 4.69) is 25.6 Å². The van der Waals surface area contributed by atoms with Crippen LogP contribution in [0.2, 0.25) is 5.02 Å². The summed E-state index contributed by atoms with van der Waals surface area (Å²) in [7, 11) is 1.55. The molecular formula is C22H14ClF3N6OS2. The highest BCUT2D eigenvalue weighted by atomic mass is 35.5. The number of nitrogens with zero attached hydrogens (tertiary/aromatic N) is 5. The normalized spacial score (nSPS) is 12.0. The topological polar surface area (TPSA) is 76.7 Å². The predicted molar refractivity (Wildman–Crippen MR) is 132 cm³/mol. The molecule has 0 saturated carbocycles. The summed E-state index contributed by atoms with van der Waals surface area (Å²) in [4.78, 5) is 8.96. The molecule has 13 heteroatoms. The van der Waals surface area contributed by atoms with E-state index in [1.54, 1.807) is 43.5 Å². The van der Waals surface area contributed by atoms with Crippen molar-refractivity contribution in [3.05, 3.63) is 69.6 Å². The summed E-state index contributed by atoms with van der Waals surface area (Å²) in [6.45, 7) is 0. The number of anilines is 1. The largest absolute Gasteiger partial charge is 0.497 e. The number of aromatic nitrogens is 4. The van der Waals surface area contributed by atoms with Gasteiger partial charge in [0, 0.05) is 21.5 Å². The van der Waals surface area contributed by atoms with Crippen molar-refractivity contribution in [1.82, 2.24) is 19.6 Å². The number of thiazole rings is 1. The maximum atomic E-state index is 13.2. The second-order valence-electron chi connectivity index (χ2n) is 7.09. The van der Waals surface area contributed by atoms with Crippen molar-refractivity contribution < 1.29 is 17.9 Å². The molecule has 178 valence electrons. The number of alkyl halides is 3. The minimum absolute atomic E-state index is 0.101. The lowest BCUT2D eigenvalue weighted by Gasteiger charge is -2.03. The molecule has 35 heavy (non-hydrogen) atoms. The monoisotopic (exact) mass is 534 g/mol. The van der Waals surface area contributed by atoms with Gasteiger partial charge in [0.15, 0.2) is 0 Å². The molecule has 0 saturated heterocycles. The number of imidazole rings is 1. The highest BCUT2D eigenvalue weighted by Crippen LogP contribution is 2.35. The van der Waals surface area contributed by atoms with Gasteiger partial charge in [-0.3, -0.25) is 5.43 Å². The molecule has 0 spiro atoms. The van der Waals surface area contributed by atoms with Crippen LogP contribution in [0.4, 0.5) is 18.3 Å². The first-order chi connectivity index (χ1) is 16.8. The number of hydrazone groups is 1. The van der Waals surface area contributed by atoms with Crippen molar-refractivity contribution >= 4 is 50.6 Å². The first-order valence-corrected chi connectivity index (χ1v) is 12.0. The zero-order valence-electron chi connectivity index (χ0n) is 17.7. The Bertz CT molecular complexity index is 1510. The lowest BCUT2D eigenvalue weighted by atomic mass is 10.1. The molecule has 0 aliphatic carbocycles. The molecule has 0 amide bonds. The lowest BCUT2D eigenvalue weighted by molar-refractivity contribution is -0.138. The minimum Gasteiger partial charge on any atom is -0.497 e. The molecule has 0 aliphatic heterocycles. The lowest BCUT2D eigenvalue weighted by Crippen LogP contribution is -2.06. The molecule has 0 bridgehead atoms. The average Bonchev–Trinajstić information content (AvgIpc) is 3.55. The van der Waals surface area contributed by atoms with Crippen molar-refractivity contribution in [1.29, 1.82) is 0 Å². The summed E-state index contributed by atoms with van der Waals surface area (Å²) in [5.74, 6) is 0.643. The maximum Gasteiger partial charge on any atom is 0.445 e. The van der Waals surface area contributed by atoms with Crippen molar-refractivity contribution in [3.63, 3.8) is 0 Å². The summed E-state index contributed by atoms with van der Waals surface area (Å²) in [6, 6.07) is 14.3. The van der Waals surface area contributed by atoms with Crippen LogP contribution in [-0.4, -0.2) is 32.9 Å². The fourth-order valence-electron chi connectivity index (χ4n) is 3.18. The number of rotatable bonds is 6. The number of hydrogen-bond acceptors (Lipinski definition) is 8. The molecule has 3 heterocycles. The van der Waals surface area contributed by atoms with Gasteiger partial charge < -0.3 is 4.74 Å². The quantitative estimate of drug-likeness (QED) is 0.193. The predicted octanol–water partition coefficient (Wildman–Crippen LogP) is 6.71. The highest BCUT2D eigenvalue weighted by molar-refractivity contribution is 7.16. The molecule has 0 unspecified atom stereocenters. The molecule has 2 aromatic carbocycles. The van der Waals surface area contributed by atoms with Gasteiger partial charge in [-0.05, 0) is 36.4 Å². The number of ether oxygens (including phenoxy) is 1. The molecule has 7 nitrogen and oxygen atoms in total. The van der Waals surface area contributed by atoms with Crippen molar-refractivity contribution in [2.75, 3.05) is 12.5 Å². The SMILES string of the molecule is COc1ccc(-c2nc3sc(C(F)(F)F)nn3c2/C=N/Nc2nc(-c3ccc(Cl)cc3)cs2)cc1. The third-order valence-corrected chi connectivity index (χ3v) is 6.79. The smallest absolute Gasteiger partial charge is 0.445 e. The minimum atomic E-state index is -4.57. The molecule has 3 aromatic heterocycles. The van der Waals surface area contributed by atoms with Crippen LogP contribution < -0.4 is 10.2 Å². The van der Waals surface area contributed by atoms with Crippen LogP contribution in [-0.2, 0) is 6.18 Å². The number of nitrogens with one attached hydrogen (secondary N) is 1. The van der Waals surface area contributed by atoms with Gasteiger partial charge in [-0.15, -0.1) is 16.4 Å². The molecule has 1 N–H and O–H groups in total. The molecule has 5 aromatic rings. The van der Waals surface area contributed by atoms with Gasteiger partial charge in [-0.25, -0.2) is 14.5 Å². The molecular weight excluding hydrogens is 521 g/mol. The van der Waals surface area contributed by atoms with E-state index in [4.69, 9.17) is 16.3 Å². The van der Waals surface area contributed by atoms with Gasteiger partial charge in [0.2, 0.25) is 15.1 Å². The number of fused-ring (bicyclic) bond motifs is 1. The van der Waals surface area contributed by atoms with Crippen LogP contribution in [0.25, 0.3) is 27.5 Å². The van der Waals surface area contributed by atoms with E-state index in [-0.39, 0.29) is 4.96 Å². The third-order valence-electron chi connectivity index (χ3n) is 4.84. The summed E-state index contributed by atoms with van der Waals surface area (Å²) >= 11 is 7.73. The zero-order chi connectivity index (χ0) is 24.6. The summed E-state index contributed by atoms with van der Waals surface area (Å²) < 4.78 is 46.0. The van der Waals surface area contributed by atoms with E-state index < -0.39 is 11.2 Å². The first-order valence-electron chi connectivity index (χ1n) is 9.93. The van der Waals surface area contributed by atoms with E-state index in [0.717, 1.165) is 15.8 Å². The second-order valence-corrected chi connectivity index (χ2v) is 9.34. The van der Waals surface area contributed by atoms with Crippen LogP contribution in [0.3, 0.4) is 0 Å². The van der Waals surface area contributed by atoms with Gasteiger partial charge in [0.1, 0.15) is 17.1 Å². The van der Waals surface area contributed by atoms with E-state index in [1.165, 1.54) is 17.6 Å². The van der Waals surface area contributed by atoms with Gasteiger partial charge in [0.25, 0.3) is 0 Å². The van der Waals surface area contributed by atoms with Gasteiger partial charge in [-0.2, -0.15) is 18.3 Å². The zero-order valence-corrected chi connectivity index (χ0v) is 20.1. The third kappa shape index (κ3) is 4.85. The van der Waals surface area contributed by atoms with E-state index in [0.29, 0.717) is 44.2 Å². The van der Waals surface area contributed by atoms with E-state index >= 15 is 0 Å². The second kappa shape index (κ2) is 9.29. The Morgan fingerprint density at radius 2 is 1.77 bits per heavy atom. The molecule has 0 aliphatic rings. The van der Waals surface area contributed by atoms with E-state index in [9.17, 15) is 13.2 Å². The average molecular weight is 535 g/mol. The van der Waals surface area contributed by atoms with Crippen molar-refractivity contribution in [3.8, 4) is 28.3 Å². The Morgan fingerprint density at radius 3 is 2.46 bits per heavy atom. The Labute approximate surface area is 209 Å². The van der Waals surface area contributed by atoms with Crippen molar-refractivity contribution in [2.24, 2.45) is 5.10 Å². The number of methoxy groups -OCH3 is 1. The van der Waals surface area contributed by atoms with Crippen LogP contribution in [0.1, 0.15) is 10.7 Å². The number of halogens is 4. The van der Waals surface area contributed by atoms with Crippen LogP contribution >= 0.6 is 34.3 Å². The van der Waals surface area contributed by atoms with Gasteiger partial charge in [-0.1, -0.05) is 35.1 Å². The van der Waals surface area contributed by atoms with Gasteiger partial charge >= 0.3 is 6.18 Å². The highest BCUT2D eigenvalue weighted by Gasteiger charge is 2.36. The molecule has 0 fully saturated rings. The molecule has 0 atom stereocenters. The Kier molecular flexibility index (Phi) is 6.17. The Balaban J connectivity index is 1.46. The fourth-order valence-corrected chi connectivity index (χ4v) is 4.75. The fraction of sp³-hybridized carbons (Fsp3) is 0.0909. The van der Waals surface area contributed by atoms with E-state index in [1.807, 2.05) is 17.5 Å². The van der Waals surface area contributed by atoms with Crippen LogP contribution in [0.15, 0.2) is 59.0 Å². The Hall–Kier alpha value is -3.48. The maximum absolute atomic E-state index is 13.2. The summed E-state index contributed by atoms with van der Waals surface area (Å²) in [6.07, 6.45) is -3.19. The molecule has 0 radical (unpaired) electrons. The van der Waals surface area contributed by atoms with Crippen LogP contribution in [0.5, 0.6) is 5.75 Å². The first kappa shape index (κ1) is 23.3. The summed E-state index contributed by atoms with van der Waals surface area (Å²) in [5, 5.41) is 9.92. The summed E-state index contributed by atoms with van der Waals surface area (Å²) in [5.41, 5.74) is 5.86. The number of hydrogen-bond donors (Lipinski definition) is 1. The van der Waals surface area contributed by atoms with Crippen molar-refractivity contribution in [2.45, 2.75) is 6.18 Å². The number of benzene rings is 2. The van der Waals surface area contributed by atoms with Crippen LogP contribution in [0, 0.1) is 0 Å². The Morgan fingerprint density at radius 1 is 1.06 bits per heavy atom. The molecule has 5 rings (SSSR count). The van der Waals surface area contributed by atoms with Gasteiger partial charge in [0.05, 0.1) is 19.0 Å². The standard InChI is InChI=1S/C22H14ClF3N6OS2/c1-33-15-8-4-13(5-9-15)18-17(32-21(29-18)35-19(31-32)22(24,25)26)10-27-30-20-28-16(11-34-20)12-2-6-14(23)7-3-12/h2-11H,1H3,(H,28,30)/b27-10+.